The van der Waals surface area contributed by atoms with E-state index in [1.807, 2.05) is 42.2 Å². The molecule has 0 N–H and O–H groups in total. The Bertz CT molecular complexity index is 978. The molecule has 2 heterocycles. The summed E-state index contributed by atoms with van der Waals surface area (Å²) in [5.41, 5.74) is 3.58. The van der Waals surface area contributed by atoms with Crippen molar-refractivity contribution in [1.29, 1.82) is 0 Å². The lowest BCUT2D eigenvalue weighted by molar-refractivity contribution is -0.138. The maximum Gasteiger partial charge on any atom is 0.263 e. The van der Waals surface area contributed by atoms with Gasteiger partial charge in [-0.15, -0.1) is 0 Å². The Morgan fingerprint density at radius 2 is 1.82 bits per heavy atom. The van der Waals surface area contributed by atoms with Crippen LogP contribution in [-0.4, -0.2) is 48.1 Å². The highest BCUT2D eigenvalue weighted by Gasteiger charge is 2.27. The van der Waals surface area contributed by atoms with Crippen LogP contribution in [0.3, 0.4) is 0 Å². The number of piperazine rings is 1. The highest BCUT2D eigenvalue weighted by molar-refractivity contribution is 7.22. The SMILES string of the molecule is Cc1cc(C)c2nc(N3CCN(C(=O)C(C)Oc4ccccc4)CC3)sc2c1. The maximum absolute atomic E-state index is 12.7. The Balaban J connectivity index is 1.39. The molecule has 1 aromatic heterocycles. The average Bonchev–Trinajstić information content (AvgIpc) is 3.13. The zero-order valence-electron chi connectivity index (χ0n) is 16.5. The summed E-state index contributed by atoms with van der Waals surface area (Å²) in [5, 5.41) is 1.05. The molecule has 1 aliphatic rings. The molecule has 1 amide bonds. The van der Waals surface area contributed by atoms with E-state index in [0.29, 0.717) is 13.1 Å². The van der Waals surface area contributed by atoms with Crippen molar-refractivity contribution in [3.05, 3.63) is 53.6 Å². The molecule has 1 fully saturated rings. The number of carbonyl (C=O) groups excluding carboxylic acids is 1. The number of carbonyl (C=O) groups is 1. The molecule has 0 bridgehead atoms. The number of aromatic nitrogens is 1. The molecule has 0 saturated carbocycles. The minimum absolute atomic E-state index is 0.0410. The lowest BCUT2D eigenvalue weighted by atomic mass is 10.1. The number of anilines is 1. The third-order valence-electron chi connectivity index (χ3n) is 5.08. The first kappa shape index (κ1) is 18.7. The molecule has 6 heteroatoms. The molecule has 2 aromatic carbocycles. The maximum atomic E-state index is 12.7. The van der Waals surface area contributed by atoms with Gasteiger partial charge in [0.1, 0.15) is 5.75 Å². The van der Waals surface area contributed by atoms with Crippen molar-refractivity contribution in [2.45, 2.75) is 26.9 Å². The number of amides is 1. The van der Waals surface area contributed by atoms with Gasteiger partial charge in [-0.1, -0.05) is 35.6 Å². The Morgan fingerprint density at radius 3 is 2.54 bits per heavy atom. The van der Waals surface area contributed by atoms with E-state index in [1.54, 1.807) is 11.3 Å². The summed E-state index contributed by atoms with van der Waals surface area (Å²) in [5.74, 6) is 0.765. The Labute approximate surface area is 169 Å². The minimum Gasteiger partial charge on any atom is -0.481 e. The van der Waals surface area contributed by atoms with Gasteiger partial charge in [-0.05, 0) is 50.1 Å². The van der Waals surface area contributed by atoms with Crippen LogP contribution in [-0.2, 0) is 4.79 Å². The molecule has 0 aliphatic carbocycles. The van der Waals surface area contributed by atoms with Gasteiger partial charge in [0.25, 0.3) is 5.91 Å². The second-order valence-corrected chi connectivity index (χ2v) is 8.32. The largest absolute Gasteiger partial charge is 0.481 e. The lowest BCUT2D eigenvalue weighted by Crippen LogP contribution is -2.52. The number of thiazole rings is 1. The van der Waals surface area contributed by atoms with E-state index >= 15 is 0 Å². The van der Waals surface area contributed by atoms with Gasteiger partial charge in [-0.3, -0.25) is 4.79 Å². The van der Waals surface area contributed by atoms with E-state index in [-0.39, 0.29) is 5.91 Å². The first-order valence-electron chi connectivity index (χ1n) is 9.64. The summed E-state index contributed by atoms with van der Waals surface area (Å²) in [6.45, 7) is 9.02. The minimum atomic E-state index is -0.484. The third kappa shape index (κ3) is 3.83. The zero-order valence-corrected chi connectivity index (χ0v) is 17.3. The molecule has 1 unspecified atom stereocenters. The molecule has 1 saturated heterocycles. The van der Waals surface area contributed by atoms with Crippen LogP contribution in [0.2, 0.25) is 0 Å². The van der Waals surface area contributed by atoms with Crippen LogP contribution in [0.25, 0.3) is 10.2 Å². The van der Waals surface area contributed by atoms with E-state index in [4.69, 9.17) is 9.72 Å². The molecular formula is C22H25N3O2S. The summed E-state index contributed by atoms with van der Waals surface area (Å²) < 4.78 is 7.02. The lowest BCUT2D eigenvalue weighted by Gasteiger charge is -2.35. The smallest absolute Gasteiger partial charge is 0.263 e. The van der Waals surface area contributed by atoms with Gasteiger partial charge in [0.2, 0.25) is 0 Å². The number of benzene rings is 2. The number of hydrogen-bond donors (Lipinski definition) is 0. The van der Waals surface area contributed by atoms with Gasteiger partial charge in [0, 0.05) is 26.2 Å². The first-order chi connectivity index (χ1) is 13.5. The van der Waals surface area contributed by atoms with Gasteiger partial charge in [0.05, 0.1) is 10.2 Å². The van der Waals surface area contributed by atoms with Crippen LogP contribution < -0.4 is 9.64 Å². The molecule has 0 radical (unpaired) electrons. The zero-order chi connectivity index (χ0) is 19.7. The number of aryl methyl sites for hydroxylation is 2. The van der Waals surface area contributed by atoms with Crippen LogP contribution >= 0.6 is 11.3 Å². The fourth-order valence-electron chi connectivity index (χ4n) is 3.62. The average molecular weight is 396 g/mol. The van der Waals surface area contributed by atoms with Gasteiger partial charge in [-0.2, -0.15) is 0 Å². The second-order valence-electron chi connectivity index (χ2n) is 7.31. The Kier molecular flexibility index (Phi) is 5.22. The molecule has 0 spiro atoms. The van der Waals surface area contributed by atoms with E-state index < -0.39 is 6.10 Å². The molecule has 1 atom stereocenters. The van der Waals surface area contributed by atoms with Crippen molar-refractivity contribution < 1.29 is 9.53 Å². The van der Waals surface area contributed by atoms with Gasteiger partial charge in [-0.25, -0.2) is 4.98 Å². The second kappa shape index (κ2) is 7.80. The monoisotopic (exact) mass is 395 g/mol. The highest BCUT2D eigenvalue weighted by Crippen LogP contribution is 2.32. The van der Waals surface area contributed by atoms with Crippen LogP contribution in [0.1, 0.15) is 18.1 Å². The summed E-state index contributed by atoms with van der Waals surface area (Å²) in [4.78, 5) is 21.8. The number of hydrogen-bond acceptors (Lipinski definition) is 5. The van der Waals surface area contributed by atoms with Crippen LogP contribution in [0, 0.1) is 13.8 Å². The molecule has 4 rings (SSSR count). The molecule has 28 heavy (non-hydrogen) atoms. The van der Waals surface area contributed by atoms with Crippen molar-refractivity contribution in [2.75, 3.05) is 31.1 Å². The summed E-state index contributed by atoms with van der Waals surface area (Å²) in [7, 11) is 0. The van der Waals surface area contributed by atoms with Gasteiger partial charge < -0.3 is 14.5 Å². The molecule has 3 aromatic rings. The fraction of sp³-hybridized carbons (Fsp3) is 0.364. The van der Waals surface area contributed by atoms with Gasteiger partial charge in [0.15, 0.2) is 11.2 Å². The van der Waals surface area contributed by atoms with Crippen molar-refractivity contribution in [3.8, 4) is 5.75 Å². The summed E-state index contributed by atoms with van der Waals surface area (Å²) >= 11 is 1.74. The van der Waals surface area contributed by atoms with Crippen LogP contribution in [0.4, 0.5) is 5.13 Å². The highest BCUT2D eigenvalue weighted by atomic mass is 32.1. The Hall–Kier alpha value is -2.60. The number of ether oxygens (including phenoxy) is 1. The number of fused-ring (bicyclic) bond motifs is 1. The number of para-hydroxylation sites is 1. The topological polar surface area (TPSA) is 45.7 Å². The predicted octanol–water partition coefficient (Wildman–Crippen LogP) is 4.03. The van der Waals surface area contributed by atoms with E-state index in [0.717, 1.165) is 29.5 Å². The Morgan fingerprint density at radius 1 is 1.11 bits per heavy atom. The van der Waals surface area contributed by atoms with Gasteiger partial charge >= 0.3 is 0 Å². The first-order valence-corrected chi connectivity index (χ1v) is 10.5. The van der Waals surface area contributed by atoms with E-state index in [2.05, 4.69) is 30.9 Å². The quantitative estimate of drug-likeness (QED) is 0.669. The fourth-order valence-corrected chi connectivity index (χ4v) is 4.82. The normalized spacial score (nSPS) is 15.7. The van der Waals surface area contributed by atoms with Crippen molar-refractivity contribution in [1.82, 2.24) is 9.88 Å². The summed E-state index contributed by atoms with van der Waals surface area (Å²) in [6, 6.07) is 13.9. The van der Waals surface area contributed by atoms with Crippen LogP contribution in [0.5, 0.6) is 5.75 Å². The standard InChI is InChI=1S/C22H25N3O2S/c1-15-13-16(2)20-19(14-15)28-22(23-20)25-11-9-24(10-12-25)21(26)17(3)27-18-7-5-4-6-8-18/h4-8,13-14,17H,9-12H2,1-3H3. The molecule has 5 nitrogen and oxygen atoms in total. The molecular weight excluding hydrogens is 370 g/mol. The summed E-state index contributed by atoms with van der Waals surface area (Å²) in [6.07, 6.45) is -0.484. The van der Waals surface area contributed by atoms with E-state index in [9.17, 15) is 4.79 Å². The van der Waals surface area contributed by atoms with E-state index in [1.165, 1.54) is 15.8 Å². The van der Waals surface area contributed by atoms with Crippen molar-refractivity contribution in [3.63, 3.8) is 0 Å². The van der Waals surface area contributed by atoms with Crippen molar-refractivity contribution in [2.24, 2.45) is 0 Å². The predicted molar refractivity (Wildman–Crippen MR) is 114 cm³/mol. The molecule has 146 valence electrons. The van der Waals surface area contributed by atoms with Crippen LogP contribution in [0.15, 0.2) is 42.5 Å². The third-order valence-corrected chi connectivity index (χ3v) is 6.15. The van der Waals surface area contributed by atoms with Crippen molar-refractivity contribution >= 4 is 32.6 Å². The number of rotatable bonds is 4. The number of nitrogens with zero attached hydrogens (tertiary/aromatic N) is 3. The molecule has 1 aliphatic heterocycles.